The van der Waals surface area contributed by atoms with Gasteiger partial charge in [0.2, 0.25) is 0 Å². The summed E-state index contributed by atoms with van der Waals surface area (Å²) in [6.07, 6.45) is -1.48. The summed E-state index contributed by atoms with van der Waals surface area (Å²) in [6.45, 7) is 0.149. The molecule has 0 aliphatic heterocycles. The molecule has 0 bridgehead atoms. The van der Waals surface area contributed by atoms with E-state index in [0.29, 0.717) is 0 Å². The van der Waals surface area contributed by atoms with Crippen LogP contribution in [0.3, 0.4) is 0 Å². The first kappa shape index (κ1) is 27.7. The Morgan fingerprint density at radius 2 is 1.52 bits per heavy atom. The van der Waals surface area contributed by atoms with E-state index in [-0.39, 0.29) is 65.6 Å². The summed E-state index contributed by atoms with van der Waals surface area (Å²) in [4.78, 5) is 11.3. The van der Waals surface area contributed by atoms with Crippen LogP contribution in [0.5, 0.6) is 0 Å². The molecule has 0 aromatic heterocycles. The molecule has 0 saturated heterocycles. The molecule has 3 N–H and O–H groups in total. The van der Waals surface area contributed by atoms with Crippen molar-refractivity contribution in [3.63, 3.8) is 0 Å². The number of benzene rings is 1. The highest BCUT2D eigenvalue weighted by Gasteiger charge is 2.46. The molecule has 9 heteroatoms. The molecular weight excluding hydrogens is 388 g/mol. The van der Waals surface area contributed by atoms with Crippen LogP contribution in [0.2, 0.25) is 0 Å². The van der Waals surface area contributed by atoms with Gasteiger partial charge >= 0.3 is 6.09 Å². The van der Waals surface area contributed by atoms with Gasteiger partial charge < -0.3 is 15.8 Å². The molecule has 3 rings (SSSR count). The zero-order valence-electron chi connectivity index (χ0n) is 13.4. The van der Waals surface area contributed by atoms with Gasteiger partial charge in [0.15, 0.2) is 0 Å². The molecule has 2 aliphatic carbocycles. The van der Waals surface area contributed by atoms with E-state index in [1.807, 2.05) is 30.3 Å². The second kappa shape index (κ2) is 11.3. The summed E-state index contributed by atoms with van der Waals surface area (Å²) in [5, 5.41) is 2.40. The lowest BCUT2D eigenvalue weighted by atomic mass is 9.88. The molecule has 27 heavy (non-hydrogen) atoms. The molecule has 4 nitrogen and oxygen atoms in total. The van der Waals surface area contributed by atoms with Crippen LogP contribution in [0, 0.1) is 0 Å². The van der Waals surface area contributed by atoms with Crippen molar-refractivity contribution >= 4 is 18.5 Å². The molecule has 1 aromatic carbocycles. The Bertz CT molecular complexity index is 546. The van der Waals surface area contributed by atoms with Gasteiger partial charge in [-0.15, -0.1) is 12.4 Å². The fraction of sp³-hybridized carbons (Fsp3) is 0.611. The monoisotopic (exact) mass is 416 g/mol. The molecule has 0 radical (unpaired) electrons. The lowest BCUT2D eigenvalue weighted by molar-refractivity contribution is -0.0913. The maximum Gasteiger partial charge on any atom is 0.407 e. The average Bonchev–Trinajstić information content (AvgIpc) is 2.43. The minimum absolute atomic E-state index is 0. The highest BCUT2D eigenvalue weighted by Crippen LogP contribution is 2.37. The minimum atomic E-state index is -2.63. The third kappa shape index (κ3) is 9.81. The number of amides is 1. The van der Waals surface area contributed by atoms with Crippen LogP contribution in [-0.2, 0) is 11.3 Å². The second-order valence-corrected chi connectivity index (χ2v) is 6.19. The van der Waals surface area contributed by atoms with Crippen molar-refractivity contribution in [2.45, 2.75) is 71.1 Å². The van der Waals surface area contributed by atoms with Crippen molar-refractivity contribution in [1.29, 1.82) is 0 Å². The normalized spacial score (nSPS) is 19.1. The van der Waals surface area contributed by atoms with Crippen LogP contribution < -0.4 is 11.1 Å². The van der Waals surface area contributed by atoms with Crippen molar-refractivity contribution in [3.8, 4) is 0 Å². The first-order valence-corrected chi connectivity index (χ1v) is 7.64. The summed E-state index contributed by atoms with van der Waals surface area (Å²) in [5.41, 5.74) is 5.94. The molecule has 2 fully saturated rings. The molecule has 1 amide bonds. The number of nitrogens with two attached hydrogens (primary N) is 1. The highest BCUT2D eigenvalue weighted by molar-refractivity contribution is 5.85. The van der Waals surface area contributed by atoms with Crippen LogP contribution >= 0.6 is 12.4 Å². The van der Waals surface area contributed by atoms with E-state index in [2.05, 4.69) is 5.32 Å². The van der Waals surface area contributed by atoms with Gasteiger partial charge in [-0.05, 0) is 5.56 Å². The van der Waals surface area contributed by atoms with Gasteiger partial charge in [-0.3, -0.25) is 0 Å². The zero-order valence-corrected chi connectivity index (χ0v) is 14.2. The lowest BCUT2D eigenvalue weighted by Gasteiger charge is -2.34. The van der Waals surface area contributed by atoms with Crippen molar-refractivity contribution in [1.82, 2.24) is 5.32 Å². The van der Waals surface area contributed by atoms with E-state index in [4.69, 9.17) is 10.5 Å². The number of rotatable bonds is 3. The van der Waals surface area contributed by atoms with E-state index in [1.54, 1.807) is 0 Å². The number of alkyl carbamates (subject to hydrolysis) is 1. The smallest absolute Gasteiger partial charge is 0.407 e. The standard InChI is InChI=1S/C12H13F2NO2.C4H7F2N.2CH4.ClH/c13-12(14)6-10(7-12)15-11(16)17-8-9-4-2-1-3-5-9;5-4(6)1-3(7)2-4;;;/h1-5,10H,6-8H2,(H,15,16);3H,1-2,7H2;2*1H4;1H. The Hall–Kier alpha value is -1.54. The summed E-state index contributed by atoms with van der Waals surface area (Å²) < 4.78 is 53.3. The Balaban J connectivity index is 0. The van der Waals surface area contributed by atoms with Crippen molar-refractivity contribution in [2.24, 2.45) is 5.73 Å². The fourth-order valence-electron chi connectivity index (χ4n) is 2.40. The maximum atomic E-state index is 12.5. The summed E-state index contributed by atoms with van der Waals surface area (Å²) >= 11 is 0. The number of ether oxygens (including phenoxy) is 1. The number of hydrogen-bond acceptors (Lipinski definition) is 3. The highest BCUT2D eigenvalue weighted by atomic mass is 35.5. The Labute approximate surface area is 164 Å². The van der Waals surface area contributed by atoms with E-state index >= 15 is 0 Å². The average molecular weight is 417 g/mol. The number of carbonyl (C=O) groups excluding carboxylic acids is 1. The number of alkyl halides is 4. The predicted octanol–water partition coefficient (Wildman–Crippen LogP) is 5.15. The van der Waals surface area contributed by atoms with Crippen LogP contribution in [0.4, 0.5) is 22.4 Å². The summed E-state index contributed by atoms with van der Waals surface area (Å²) in [7, 11) is 0. The number of hydrogen-bond donors (Lipinski definition) is 2. The van der Waals surface area contributed by atoms with Crippen LogP contribution in [0.1, 0.15) is 46.1 Å². The molecule has 158 valence electrons. The first-order valence-electron chi connectivity index (χ1n) is 7.64. The molecule has 0 heterocycles. The van der Waals surface area contributed by atoms with Crippen molar-refractivity contribution < 1.29 is 27.1 Å². The largest absolute Gasteiger partial charge is 0.445 e. The van der Waals surface area contributed by atoms with Crippen molar-refractivity contribution in [2.75, 3.05) is 0 Å². The van der Waals surface area contributed by atoms with Crippen molar-refractivity contribution in [3.05, 3.63) is 35.9 Å². The van der Waals surface area contributed by atoms with Crippen LogP contribution in [-0.4, -0.2) is 30.0 Å². The lowest BCUT2D eigenvalue weighted by Crippen LogP contribution is -2.50. The van der Waals surface area contributed by atoms with Gasteiger partial charge in [0, 0.05) is 37.8 Å². The SMILES string of the molecule is C.C.Cl.NC1CC(F)(F)C1.O=C(NC1CC(F)(F)C1)OCc1ccccc1. The van der Waals surface area contributed by atoms with Crippen LogP contribution in [0.25, 0.3) is 0 Å². The van der Waals surface area contributed by atoms with Gasteiger partial charge in [-0.25, -0.2) is 22.4 Å². The van der Waals surface area contributed by atoms with E-state index < -0.39 is 24.0 Å². The maximum absolute atomic E-state index is 12.5. The van der Waals surface area contributed by atoms with Gasteiger partial charge in [0.1, 0.15) is 6.61 Å². The van der Waals surface area contributed by atoms with Gasteiger partial charge in [-0.1, -0.05) is 45.2 Å². The zero-order chi connectivity index (χ0) is 17.8. The molecule has 2 saturated carbocycles. The number of halogens is 5. The Kier molecular flexibility index (Phi) is 11.6. The van der Waals surface area contributed by atoms with Gasteiger partial charge in [0.25, 0.3) is 11.8 Å². The van der Waals surface area contributed by atoms with E-state index in [1.165, 1.54) is 0 Å². The topological polar surface area (TPSA) is 64.4 Å². The van der Waals surface area contributed by atoms with Gasteiger partial charge in [-0.2, -0.15) is 0 Å². The Morgan fingerprint density at radius 3 is 1.89 bits per heavy atom. The quantitative estimate of drug-likeness (QED) is 0.670. The fourth-order valence-corrected chi connectivity index (χ4v) is 2.40. The summed E-state index contributed by atoms with van der Waals surface area (Å²) in [5.74, 6) is -5.06. The van der Waals surface area contributed by atoms with Gasteiger partial charge in [0.05, 0.1) is 0 Å². The first-order chi connectivity index (χ1) is 11.2. The molecule has 0 unspecified atom stereocenters. The second-order valence-electron chi connectivity index (χ2n) is 6.19. The van der Waals surface area contributed by atoms with E-state index in [0.717, 1.165) is 5.56 Å². The predicted molar refractivity (Wildman–Crippen MR) is 101 cm³/mol. The van der Waals surface area contributed by atoms with E-state index in [9.17, 15) is 22.4 Å². The minimum Gasteiger partial charge on any atom is -0.445 e. The molecule has 2 aliphatic rings. The number of carbonyl (C=O) groups is 1. The third-order valence-corrected chi connectivity index (χ3v) is 3.75. The molecule has 0 spiro atoms. The Morgan fingerprint density at radius 1 is 1.04 bits per heavy atom. The molecular formula is C18H29ClF4N2O2. The van der Waals surface area contributed by atoms with Crippen LogP contribution in [0.15, 0.2) is 30.3 Å². The molecule has 0 atom stereocenters. The molecule has 1 aromatic rings. The summed E-state index contributed by atoms with van der Waals surface area (Å²) in [6, 6.07) is 8.48. The third-order valence-electron chi connectivity index (χ3n) is 3.75. The number of nitrogens with one attached hydrogen (secondary N) is 1.